The number of carboxylic acid groups (broad SMARTS) is 1. The van der Waals surface area contributed by atoms with Gasteiger partial charge in [0, 0.05) is 18.0 Å². The Kier molecular flexibility index (Phi) is 4.77. The molecule has 0 aliphatic carbocycles. The summed E-state index contributed by atoms with van der Waals surface area (Å²) in [4.78, 5) is 33.4. The Bertz CT molecular complexity index is 1260. The van der Waals surface area contributed by atoms with E-state index in [0.717, 1.165) is 16.9 Å². The van der Waals surface area contributed by atoms with E-state index in [2.05, 4.69) is 9.97 Å². The second kappa shape index (κ2) is 7.38. The number of aromatic nitrogens is 3. The number of carbonyl (C=O) groups is 1. The van der Waals surface area contributed by atoms with Gasteiger partial charge in [0.25, 0.3) is 5.56 Å². The molecule has 0 radical (unpaired) electrons. The average molecular weight is 410 g/mol. The molecule has 3 heterocycles. The SMILES string of the molecule is O=C(O)c1sc2nc(C=Cc3cccnc3)c(Cl)c(=O)n2c1-c1ccccc1. The summed E-state index contributed by atoms with van der Waals surface area (Å²) in [5, 5.41) is 9.54. The fourth-order valence-corrected chi connectivity index (χ4v) is 3.94. The van der Waals surface area contributed by atoms with Crippen molar-refractivity contribution in [2.24, 2.45) is 0 Å². The lowest BCUT2D eigenvalue weighted by Crippen LogP contribution is -2.17. The second-order valence-electron chi connectivity index (χ2n) is 5.80. The first-order chi connectivity index (χ1) is 13.6. The van der Waals surface area contributed by atoms with Gasteiger partial charge in [-0.3, -0.25) is 9.78 Å². The zero-order valence-electron chi connectivity index (χ0n) is 14.2. The predicted molar refractivity (Wildman–Crippen MR) is 110 cm³/mol. The fourth-order valence-electron chi connectivity index (χ4n) is 2.76. The highest BCUT2D eigenvalue weighted by molar-refractivity contribution is 7.19. The number of fused-ring (bicyclic) bond motifs is 1. The minimum absolute atomic E-state index is 0.0280. The largest absolute Gasteiger partial charge is 0.477 e. The van der Waals surface area contributed by atoms with Crippen LogP contribution in [0.15, 0.2) is 59.7 Å². The van der Waals surface area contributed by atoms with E-state index in [9.17, 15) is 14.7 Å². The molecule has 138 valence electrons. The Morgan fingerprint density at radius 2 is 1.93 bits per heavy atom. The second-order valence-corrected chi connectivity index (χ2v) is 7.16. The Labute approximate surface area is 168 Å². The van der Waals surface area contributed by atoms with Gasteiger partial charge in [0.1, 0.15) is 9.90 Å². The zero-order valence-corrected chi connectivity index (χ0v) is 15.8. The third-order valence-electron chi connectivity index (χ3n) is 4.01. The highest BCUT2D eigenvalue weighted by atomic mass is 35.5. The molecule has 0 atom stereocenters. The van der Waals surface area contributed by atoms with Gasteiger partial charge in [-0.05, 0) is 17.7 Å². The third kappa shape index (κ3) is 3.21. The standard InChI is InChI=1S/C20H12ClN3O3S/c21-15-14(9-8-12-5-4-10-22-11-12)23-20-24(18(15)25)16(17(28-20)19(26)27)13-6-2-1-3-7-13/h1-11H,(H,26,27). The minimum Gasteiger partial charge on any atom is -0.477 e. The maximum absolute atomic E-state index is 12.9. The van der Waals surface area contributed by atoms with E-state index >= 15 is 0 Å². The number of nitrogens with zero attached hydrogens (tertiary/aromatic N) is 3. The van der Waals surface area contributed by atoms with Gasteiger partial charge in [-0.2, -0.15) is 0 Å². The summed E-state index contributed by atoms with van der Waals surface area (Å²) >= 11 is 7.21. The number of hydrogen-bond acceptors (Lipinski definition) is 5. The number of benzene rings is 1. The predicted octanol–water partition coefficient (Wildman–Crippen LogP) is 4.34. The fraction of sp³-hybridized carbons (Fsp3) is 0. The zero-order chi connectivity index (χ0) is 19.7. The van der Waals surface area contributed by atoms with Gasteiger partial charge < -0.3 is 5.11 Å². The van der Waals surface area contributed by atoms with Gasteiger partial charge in [-0.15, -0.1) is 0 Å². The van der Waals surface area contributed by atoms with Gasteiger partial charge in [-0.25, -0.2) is 14.2 Å². The maximum Gasteiger partial charge on any atom is 0.348 e. The first kappa shape index (κ1) is 18.1. The molecule has 1 N–H and O–H groups in total. The summed E-state index contributed by atoms with van der Waals surface area (Å²) in [5.74, 6) is -1.13. The molecular formula is C20H12ClN3O3S. The molecule has 3 aromatic heterocycles. The molecule has 4 aromatic rings. The molecule has 0 saturated carbocycles. The van der Waals surface area contributed by atoms with Crippen molar-refractivity contribution >= 4 is 46.0 Å². The number of aromatic carboxylic acids is 1. The van der Waals surface area contributed by atoms with Gasteiger partial charge in [0.05, 0.1) is 11.4 Å². The molecule has 8 heteroatoms. The number of carboxylic acids is 1. The van der Waals surface area contributed by atoms with E-state index in [1.165, 1.54) is 4.40 Å². The van der Waals surface area contributed by atoms with Gasteiger partial charge in [0.15, 0.2) is 4.96 Å². The van der Waals surface area contributed by atoms with Crippen molar-refractivity contribution in [2.75, 3.05) is 0 Å². The van der Waals surface area contributed by atoms with Crippen LogP contribution in [0.2, 0.25) is 5.02 Å². The van der Waals surface area contributed by atoms with E-state index in [1.807, 2.05) is 12.1 Å². The van der Waals surface area contributed by atoms with Crippen LogP contribution in [0.5, 0.6) is 0 Å². The molecule has 4 rings (SSSR count). The van der Waals surface area contributed by atoms with Crippen LogP contribution in [0.25, 0.3) is 28.4 Å². The Morgan fingerprint density at radius 3 is 2.61 bits per heavy atom. The molecule has 0 fully saturated rings. The van der Waals surface area contributed by atoms with E-state index < -0.39 is 11.5 Å². The third-order valence-corrected chi connectivity index (χ3v) is 5.40. The molecule has 1 aromatic carbocycles. The average Bonchev–Trinajstić information content (AvgIpc) is 3.11. The first-order valence-corrected chi connectivity index (χ1v) is 9.37. The van der Waals surface area contributed by atoms with Crippen LogP contribution in [0.4, 0.5) is 0 Å². The summed E-state index contributed by atoms with van der Waals surface area (Å²) in [6, 6.07) is 12.5. The maximum atomic E-state index is 12.9. The lowest BCUT2D eigenvalue weighted by atomic mass is 10.1. The van der Waals surface area contributed by atoms with Crippen LogP contribution < -0.4 is 5.56 Å². The Balaban J connectivity index is 1.94. The molecule has 0 amide bonds. The Hall–Kier alpha value is -3.29. The molecule has 28 heavy (non-hydrogen) atoms. The number of rotatable bonds is 4. The van der Waals surface area contributed by atoms with Gasteiger partial charge >= 0.3 is 5.97 Å². The number of thiazole rings is 1. The van der Waals surface area contributed by atoms with E-state index in [0.29, 0.717) is 5.56 Å². The molecule has 0 aliphatic heterocycles. The molecule has 6 nitrogen and oxygen atoms in total. The molecule has 0 spiro atoms. The monoisotopic (exact) mass is 409 g/mol. The van der Waals surface area contributed by atoms with Crippen LogP contribution in [0.3, 0.4) is 0 Å². The summed E-state index contributed by atoms with van der Waals surface area (Å²) in [5.41, 5.74) is 1.46. The van der Waals surface area contributed by atoms with Crippen molar-refractivity contribution < 1.29 is 9.90 Å². The lowest BCUT2D eigenvalue weighted by molar-refractivity contribution is 0.0702. The number of hydrogen-bond donors (Lipinski definition) is 1. The lowest BCUT2D eigenvalue weighted by Gasteiger charge is -2.05. The summed E-state index contributed by atoms with van der Waals surface area (Å²) in [7, 11) is 0. The summed E-state index contributed by atoms with van der Waals surface area (Å²) in [6.45, 7) is 0. The smallest absolute Gasteiger partial charge is 0.348 e. The highest BCUT2D eigenvalue weighted by Gasteiger charge is 2.23. The first-order valence-electron chi connectivity index (χ1n) is 8.18. The quantitative estimate of drug-likeness (QED) is 0.542. The van der Waals surface area contributed by atoms with Crippen LogP contribution in [-0.2, 0) is 0 Å². The summed E-state index contributed by atoms with van der Waals surface area (Å²) < 4.78 is 1.26. The normalized spacial score (nSPS) is 11.3. The van der Waals surface area contributed by atoms with Gasteiger partial charge in [-0.1, -0.05) is 65.4 Å². The number of halogens is 1. The van der Waals surface area contributed by atoms with Crippen molar-refractivity contribution in [2.45, 2.75) is 0 Å². The van der Waals surface area contributed by atoms with Gasteiger partial charge in [0.2, 0.25) is 0 Å². The van der Waals surface area contributed by atoms with Crippen molar-refractivity contribution in [1.29, 1.82) is 0 Å². The van der Waals surface area contributed by atoms with E-state index in [-0.39, 0.29) is 26.2 Å². The van der Waals surface area contributed by atoms with E-state index in [1.54, 1.807) is 54.9 Å². The van der Waals surface area contributed by atoms with Crippen molar-refractivity contribution in [1.82, 2.24) is 14.4 Å². The van der Waals surface area contributed by atoms with Crippen molar-refractivity contribution in [3.05, 3.63) is 86.4 Å². The molecular weight excluding hydrogens is 398 g/mol. The minimum atomic E-state index is -1.13. The topological polar surface area (TPSA) is 84.6 Å². The number of pyridine rings is 1. The van der Waals surface area contributed by atoms with Crippen molar-refractivity contribution in [3.63, 3.8) is 0 Å². The molecule has 0 unspecified atom stereocenters. The van der Waals surface area contributed by atoms with Crippen molar-refractivity contribution in [3.8, 4) is 11.3 Å². The van der Waals surface area contributed by atoms with Crippen LogP contribution in [0.1, 0.15) is 20.9 Å². The van der Waals surface area contributed by atoms with Crippen LogP contribution in [-0.4, -0.2) is 25.4 Å². The van der Waals surface area contributed by atoms with Crippen LogP contribution in [0, 0.1) is 0 Å². The van der Waals surface area contributed by atoms with E-state index in [4.69, 9.17) is 11.6 Å². The molecule has 0 aliphatic rings. The Morgan fingerprint density at radius 1 is 1.14 bits per heavy atom. The highest BCUT2D eigenvalue weighted by Crippen LogP contribution is 2.31. The summed E-state index contributed by atoms with van der Waals surface area (Å²) in [6.07, 6.45) is 6.67. The van der Waals surface area contributed by atoms with Crippen LogP contribution >= 0.6 is 22.9 Å². The molecule has 0 saturated heterocycles. The molecule has 0 bridgehead atoms.